The summed E-state index contributed by atoms with van der Waals surface area (Å²) in [5.74, 6) is 2.10. The number of thioether (sulfide) groups is 1. The predicted octanol–water partition coefficient (Wildman–Crippen LogP) is 2.74. The number of hydrogen-bond donors (Lipinski definition) is 1. The highest BCUT2D eigenvalue weighted by molar-refractivity contribution is 8.14. The van der Waals surface area contributed by atoms with Gasteiger partial charge in [-0.3, -0.25) is 14.7 Å². The van der Waals surface area contributed by atoms with E-state index >= 15 is 0 Å². The van der Waals surface area contributed by atoms with E-state index in [2.05, 4.69) is 15.5 Å². The topological polar surface area (TPSA) is 92.6 Å². The summed E-state index contributed by atoms with van der Waals surface area (Å²) in [5, 5.41) is 5.20. The summed E-state index contributed by atoms with van der Waals surface area (Å²) < 4.78 is 35.2. The Labute approximate surface area is 187 Å². The Bertz CT molecular complexity index is 1080. The van der Waals surface area contributed by atoms with Crippen LogP contribution in [-0.4, -0.2) is 59.1 Å². The van der Waals surface area contributed by atoms with Crippen molar-refractivity contribution in [2.75, 3.05) is 44.1 Å². The Morgan fingerprint density at radius 1 is 1.13 bits per heavy atom. The van der Waals surface area contributed by atoms with Crippen molar-refractivity contribution in [3.63, 3.8) is 0 Å². The van der Waals surface area contributed by atoms with E-state index in [4.69, 9.17) is 9.47 Å². The minimum atomic E-state index is -3.28. The van der Waals surface area contributed by atoms with Crippen LogP contribution in [0.1, 0.15) is 11.1 Å². The minimum absolute atomic E-state index is 0.612. The van der Waals surface area contributed by atoms with Gasteiger partial charge in [-0.15, -0.1) is 0 Å². The molecule has 1 aliphatic heterocycles. The average Bonchev–Trinajstić information content (AvgIpc) is 2.78. The summed E-state index contributed by atoms with van der Waals surface area (Å²) >= 11 is 1.59. The van der Waals surface area contributed by atoms with Crippen molar-refractivity contribution < 1.29 is 17.9 Å². The molecule has 0 bridgehead atoms. The van der Waals surface area contributed by atoms with Crippen LogP contribution in [0.15, 0.2) is 52.6 Å². The van der Waals surface area contributed by atoms with E-state index in [0.717, 1.165) is 28.4 Å². The summed E-state index contributed by atoms with van der Waals surface area (Å²) in [5.41, 5.74) is 6.56. The summed E-state index contributed by atoms with van der Waals surface area (Å²) in [4.78, 5) is 4.59. The Balaban J connectivity index is 1.58. The maximum Gasteiger partial charge on any atom is 0.231 e. The Morgan fingerprint density at radius 2 is 1.84 bits per heavy atom. The summed E-state index contributed by atoms with van der Waals surface area (Å²) in [6, 6.07) is 13.2. The van der Waals surface area contributed by atoms with Crippen LogP contribution in [0.2, 0.25) is 0 Å². The molecule has 10 heteroatoms. The van der Waals surface area contributed by atoms with E-state index < -0.39 is 10.0 Å². The van der Waals surface area contributed by atoms with Gasteiger partial charge in [-0.1, -0.05) is 30.0 Å². The smallest absolute Gasteiger partial charge is 0.231 e. The number of rotatable bonds is 8. The van der Waals surface area contributed by atoms with Crippen LogP contribution >= 0.6 is 11.8 Å². The van der Waals surface area contributed by atoms with Gasteiger partial charge in [0.2, 0.25) is 10.0 Å². The first-order valence-electron chi connectivity index (χ1n) is 9.57. The highest BCUT2D eigenvalue weighted by Crippen LogP contribution is 2.27. The molecule has 0 aliphatic carbocycles. The lowest BCUT2D eigenvalue weighted by molar-refractivity contribution is 0.354. The van der Waals surface area contributed by atoms with Crippen molar-refractivity contribution in [3.05, 3.63) is 53.6 Å². The molecular formula is C21H26N4O4S2. The number of nitrogens with one attached hydrogen (secondary N) is 1. The Hall–Kier alpha value is -2.72. The van der Waals surface area contributed by atoms with E-state index in [1.54, 1.807) is 38.1 Å². The van der Waals surface area contributed by atoms with Crippen LogP contribution in [-0.2, 0) is 16.4 Å². The molecule has 0 saturated carbocycles. The fraction of sp³-hybridized carbons (Fsp3) is 0.333. The number of hydrogen-bond acceptors (Lipinski definition) is 7. The van der Waals surface area contributed by atoms with Crippen molar-refractivity contribution in [1.29, 1.82) is 0 Å². The maximum absolute atomic E-state index is 11.7. The lowest BCUT2D eigenvalue weighted by atomic mass is 10.1. The van der Waals surface area contributed by atoms with Crippen LogP contribution < -0.4 is 19.2 Å². The second kappa shape index (κ2) is 10.1. The van der Waals surface area contributed by atoms with Gasteiger partial charge < -0.3 is 9.47 Å². The molecule has 2 aromatic carbocycles. The summed E-state index contributed by atoms with van der Waals surface area (Å²) in [7, 11) is 1.49. The summed E-state index contributed by atoms with van der Waals surface area (Å²) in [6.45, 7) is 0.627. The van der Waals surface area contributed by atoms with Crippen LogP contribution in [0, 0.1) is 0 Å². The van der Waals surface area contributed by atoms with E-state index in [9.17, 15) is 8.42 Å². The molecule has 1 N–H and O–H groups in total. The van der Waals surface area contributed by atoms with E-state index in [1.807, 2.05) is 30.3 Å². The monoisotopic (exact) mass is 462 g/mol. The quantitative estimate of drug-likeness (QED) is 0.649. The highest BCUT2D eigenvalue weighted by atomic mass is 32.2. The second-order valence-corrected chi connectivity index (χ2v) is 9.84. The zero-order valence-corrected chi connectivity index (χ0v) is 19.6. The zero-order valence-electron chi connectivity index (χ0n) is 18.0. The fourth-order valence-corrected chi connectivity index (χ4v) is 4.23. The second-order valence-electron chi connectivity index (χ2n) is 6.86. The van der Waals surface area contributed by atoms with Crippen LogP contribution in [0.3, 0.4) is 0 Å². The van der Waals surface area contributed by atoms with Crippen molar-refractivity contribution in [2.24, 2.45) is 10.1 Å². The highest BCUT2D eigenvalue weighted by Gasteiger charge is 2.15. The first kappa shape index (κ1) is 23.0. The van der Waals surface area contributed by atoms with Gasteiger partial charge in [-0.2, -0.15) is 5.10 Å². The predicted molar refractivity (Wildman–Crippen MR) is 127 cm³/mol. The van der Waals surface area contributed by atoms with Gasteiger partial charge in [0.05, 0.1) is 31.9 Å². The van der Waals surface area contributed by atoms with Gasteiger partial charge in [0, 0.05) is 19.3 Å². The van der Waals surface area contributed by atoms with Crippen molar-refractivity contribution in [2.45, 2.75) is 6.42 Å². The van der Waals surface area contributed by atoms with Crippen molar-refractivity contribution >= 4 is 38.4 Å². The number of anilines is 1. The molecule has 0 atom stereocenters. The van der Waals surface area contributed by atoms with Gasteiger partial charge >= 0.3 is 0 Å². The number of ether oxygens (including phenoxy) is 2. The maximum atomic E-state index is 11.7. The van der Waals surface area contributed by atoms with E-state index in [1.165, 1.54) is 17.6 Å². The molecule has 0 radical (unpaired) electrons. The molecule has 0 spiro atoms. The average molecular weight is 463 g/mol. The lowest BCUT2D eigenvalue weighted by Gasteiger charge is -2.18. The molecule has 0 saturated heterocycles. The number of benzene rings is 2. The van der Waals surface area contributed by atoms with Gasteiger partial charge in [-0.05, 0) is 41.8 Å². The molecule has 0 fully saturated rings. The number of amidine groups is 1. The normalized spacial score (nSPS) is 15.2. The number of hydrazone groups is 1. The van der Waals surface area contributed by atoms with E-state index in [-0.39, 0.29) is 0 Å². The molecule has 166 valence electrons. The summed E-state index contributed by atoms with van der Waals surface area (Å²) in [6.07, 6.45) is 1.96. The van der Waals surface area contributed by atoms with Crippen LogP contribution in [0.25, 0.3) is 0 Å². The fourth-order valence-electron chi connectivity index (χ4n) is 2.92. The number of nitrogens with zero attached hydrogens (tertiary/aromatic N) is 3. The Kier molecular flexibility index (Phi) is 7.45. The molecule has 0 unspecified atom stereocenters. The molecule has 0 amide bonds. The van der Waals surface area contributed by atoms with Crippen LogP contribution in [0.5, 0.6) is 11.5 Å². The molecule has 0 aromatic heterocycles. The molecule has 3 rings (SSSR count). The standard InChI is InChI=1S/C21H26N4O4S2/c1-25(31(4,26)27)17-8-6-16(7-9-17)18-14-30-21(24-23-18)22-12-11-15-5-10-19(28-2)20(13-15)29-3/h5-10,13H,11-12,14H2,1-4H3,(H,22,24). The molecule has 31 heavy (non-hydrogen) atoms. The molecular weight excluding hydrogens is 436 g/mol. The third-order valence-electron chi connectivity index (χ3n) is 4.80. The van der Waals surface area contributed by atoms with Crippen LogP contribution in [0.4, 0.5) is 5.69 Å². The number of aliphatic imine (C=N–C) groups is 1. The van der Waals surface area contributed by atoms with Gasteiger partial charge in [-0.25, -0.2) is 8.42 Å². The Morgan fingerprint density at radius 3 is 2.42 bits per heavy atom. The zero-order chi connectivity index (χ0) is 22.4. The molecule has 8 nitrogen and oxygen atoms in total. The van der Waals surface area contributed by atoms with Gasteiger partial charge in [0.15, 0.2) is 16.7 Å². The SMILES string of the molecule is COc1ccc(CCN=C2NN=C(c3ccc(N(C)S(C)(=O)=O)cc3)CS2)cc1OC. The first-order valence-corrected chi connectivity index (χ1v) is 12.4. The van der Waals surface area contributed by atoms with Gasteiger partial charge in [0.1, 0.15) is 0 Å². The third kappa shape index (κ3) is 5.92. The van der Waals surface area contributed by atoms with Crippen molar-refractivity contribution in [3.8, 4) is 11.5 Å². The molecule has 1 aliphatic rings. The third-order valence-corrected chi connectivity index (χ3v) is 6.91. The molecule has 1 heterocycles. The largest absolute Gasteiger partial charge is 0.493 e. The van der Waals surface area contributed by atoms with E-state index in [0.29, 0.717) is 29.5 Å². The number of sulfonamides is 1. The van der Waals surface area contributed by atoms with Gasteiger partial charge in [0.25, 0.3) is 0 Å². The number of methoxy groups -OCH3 is 2. The first-order chi connectivity index (χ1) is 14.8. The minimum Gasteiger partial charge on any atom is -0.493 e. The van der Waals surface area contributed by atoms with Crippen molar-refractivity contribution in [1.82, 2.24) is 5.43 Å². The lowest BCUT2D eigenvalue weighted by Crippen LogP contribution is -2.26. The molecule has 2 aromatic rings.